The Kier molecular flexibility index (Phi) is 8.70. The largest absolute Gasteiger partial charge is 0.398 e. The van der Waals surface area contributed by atoms with Gasteiger partial charge in [0.2, 0.25) is 0 Å². The van der Waals surface area contributed by atoms with Gasteiger partial charge in [-0.3, -0.25) is 4.79 Å². The van der Waals surface area contributed by atoms with E-state index in [1.807, 2.05) is 25.1 Å². The van der Waals surface area contributed by atoms with E-state index in [1.54, 1.807) is 36.4 Å². The van der Waals surface area contributed by atoms with Gasteiger partial charge in [-0.2, -0.15) is 0 Å². The molecular formula is C21H21Cl2N3O3. The topological polar surface area (TPSA) is 72.3 Å². The zero-order chi connectivity index (χ0) is 21.2. The van der Waals surface area contributed by atoms with Crippen molar-refractivity contribution in [3.05, 3.63) is 81.4 Å². The SMILES string of the molecule is C/C=C/C(=N\OCc1ccccc1/C(=N/OC)C(=O)NC)c1c(Cl)cccc1Cl. The minimum absolute atomic E-state index is 0.0963. The van der Waals surface area contributed by atoms with Crippen molar-refractivity contribution in [2.45, 2.75) is 13.5 Å². The van der Waals surface area contributed by atoms with E-state index in [4.69, 9.17) is 32.9 Å². The molecule has 0 aliphatic carbocycles. The normalized spacial score (nSPS) is 12.2. The Morgan fingerprint density at radius 3 is 2.41 bits per heavy atom. The monoisotopic (exact) mass is 433 g/mol. The third-order valence-corrected chi connectivity index (χ3v) is 4.45. The molecule has 1 amide bonds. The predicted molar refractivity (Wildman–Crippen MR) is 117 cm³/mol. The number of halogens is 2. The molecule has 0 bridgehead atoms. The van der Waals surface area contributed by atoms with Crippen LogP contribution in [0.3, 0.4) is 0 Å². The molecule has 0 aliphatic heterocycles. The maximum Gasteiger partial charge on any atom is 0.273 e. The second-order valence-corrected chi connectivity index (χ2v) is 6.52. The maximum absolute atomic E-state index is 12.2. The highest BCUT2D eigenvalue weighted by atomic mass is 35.5. The fraction of sp³-hybridized carbons (Fsp3) is 0.190. The van der Waals surface area contributed by atoms with Crippen molar-refractivity contribution >= 4 is 40.5 Å². The molecule has 0 unspecified atom stereocenters. The zero-order valence-electron chi connectivity index (χ0n) is 16.3. The summed E-state index contributed by atoms with van der Waals surface area (Å²) in [6.07, 6.45) is 3.56. The Morgan fingerprint density at radius 2 is 1.79 bits per heavy atom. The number of allylic oxidation sites excluding steroid dienone is 2. The number of hydrogen-bond acceptors (Lipinski definition) is 5. The quantitative estimate of drug-likeness (QED) is 0.488. The van der Waals surface area contributed by atoms with Crippen LogP contribution in [0, 0.1) is 0 Å². The van der Waals surface area contributed by atoms with Gasteiger partial charge >= 0.3 is 0 Å². The highest BCUT2D eigenvalue weighted by molar-refractivity contribution is 6.45. The molecule has 0 spiro atoms. The molecule has 152 valence electrons. The van der Waals surface area contributed by atoms with Crippen LogP contribution >= 0.6 is 23.2 Å². The molecule has 1 N–H and O–H groups in total. The number of rotatable bonds is 8. The van der Waals surface area contributed by atoms with Gasteiger partial charge in [-0.1, -0.05) is 69.9 Å². The number of hydrogen-bond donors (Lipinski definition) is 1. The molecule has 2 aromatic carbocycles. The lowest BCUT2D eigenvalue weighted by atomic mass is 10.0. The van der Waals surface area contributed by atoms with Crippen LogP contribution in [0.2, 0.25) is 10.0 Å². The van der Waals surface area contributed by atoms with Crippen molar-refractivity contribution in [3.63, 3.8) is 0 Å². The molecule has 0 aromatic heterocycles. The van der Waals surface area contributed by atoms with Gasteiger partial charge in [0.25, 0.3) is 5.91 Å². The first-order valence-electron chi connectivity index (χ1n) is 8.72. The van der Waals surface area contributed by atoms with E-state index in [1.165, 1.54) is 14.2 Å². The summed E-state index contributed by atoms with van der Waals surface area (Å²) in [5.41, 5.74) is 2.49. The Labute approximate surface area is 179 Å². The summed E-state index contributed by atoms with van der Waals surface area (Å²) in [6, 6.07) is 12.4. The maximum atomic E-state index is 12.2. The number of nitrogens with zero attached hydrogens (tertiary/aromatic N) is 2. The van der Waals surface area contributed by atoms with Crippen LogP contribution < -0.4 is 5.32 Å². The van der Waals surface area contributed by atoms with Gasteiger partial charge in [0.1, 0.15) is 19.4 Å². The minimum atomic E-state index is -0.375. The number of likely N-dealkylation sites (N-methyl/N-ethyl adjacent to an activating group) is 1. The van der Waals surface area contributed by atoms with E-state index in [0.717, 1.165) is 0 Å². The van der Waals surface area contributed by atoms with Gasteiger partial charge in [0.05, 0.1) is 10.0 Å². The lowest BCUT2D eigenvalue weighted by Gasteiger charge is -2.11. The highest BCUT2D eigenvalue weighted by Gasteiger charge is 2.17. The molecule has 0 saturated carbocycles. The molecule has 0 atom stereocenters. The van der Waals surface area contributed by atoms with Crippen molar-refractivity contribution in [2.24, 2.45) is 10.3 Å². The van der Waals surface area contributed by atoms with Crippen molar-refractivity contribution in [3.8, 4) is 0 Å². The summed E-state index contributed by atoms with van der Waals surface area (Å²) in [4.78, 5) is 22.5. The fourth-order valence-electron chi connectivity index (χ4n) is 2.53. The molecule has 0 fully saturated rings. The van der Waals surface area contributed by atoms with E-state index in [-0.39, 0.29) is 18.2 Å². The molecule has 0 heterocycles. The van der Waals surface area contributed by atoms with Gasteiger partial charge in [-0.15, -0.1) is 0 Å². The smallest absolute Gasteiger partial charge is 0.273 e. The van der Waals surface area contributed by atoms with E-state index in [0.29, 0.717) is 32.4 Å². The summed E-state index contributed by atoms with van der Waals surface area (Å²) < 4.78 is 0. The third kappa shape index (κ3) is 5.82. The first kappa shape index (κ1) is 22.5. The summed E-state index contributed by atoms with van der Waals surface area (Å²) in [6.45, 7) is 1.95. The van der Waals surface area contributed by atoms with Crippen LogP contribution in [0.4, 0.5) is 0 Å². The summed E-state index contributed by atoms with van der Waals surface area (Å²) in [7, 11) is 2.90. The fourth-order valence-corrected chi connectivity index (χ4v) is 3.12. The molecule has 2 aromatic rings. The first-order valence-corrected chi connectivity index (χ1v) is 9.47. The Bertz CT molecular complexity index is 936. The number of nitrogens with one attached hydrogen (secondary N) is 1. The van der Waals surface area contributed by atoms with Crippen LogP contribution in [0.5, 0.6) is 0 Å². The number of amides is 1. The van der Waals surface area contributed by atoms with Crippen molar-refractivity contribution in [1.29, 1.82) is 0 Å². The lowest BCUT2D eigenvalue weighted by Crippen LogP contribution is -2.29. The molecule has 0 aliphatic rings. The molecule has 0 radical (unpaired) electrons. The second-order valence-electron chi connectivity index (χ2n) is 5.71. The summed E-state index contributed by atoms with van der Waals surface area (Å²) in [5, 5.41) is 11.5. The van der Waals surface area contributed by atoms with E-state index >= 15 is 0 Å². The highest BCUT2D eigenvalue weighted by Crippen LogP contribution is 2.26. The van der Waals surface area contributed by atoms with Gasteiger partial charge in [-0.05, 0) is 25.1 Å². The van der Waals surface area contributed by atoms with Gasteiger partial charge in [0.15, 0.2) is 5.71 Å². The van der Waals surface area contributed by atoms with Crippen LogP contribution in [0.25, 0.3) is 0 Å². The molecule has 8 heteroatoms. The summed E-state index contributed by atoms with van der Waals surface area (Å²) in [5.74, 6) is -0.375. The number of carbonyl (C=O) groups is 1. The third-order valence-electron chi connectivity index (χ3n) is 3.82. The predicted octanol–water partition coefficient (Wildman–Crippen LogP) is 4.59. The van der Waals surface area contributed by atoms with E-state index < -0.39 is 0 Å². The standard InChI is InChI=1S/C21H21Cl2N3O3/c1-4-8-18(19-16(22)11-7-12-17(19)23)25-29-13-14-9-5-6-10-15(14)20(26-28-3)21(27)24-2/h4-12H,13H2,1-3H3,(H,24,27)/b8-4+,25-18+,26-20-. The molecule has 6 nitrogen and oxygen atoms in total. The average Bonchev–Trinajstić information content (AvgIpc) is 2.72. The lowest BCUT2D eigenvalue weighted by molar-refractivity contribution is -0.114. The number of benzene rings is 2. The van der Waals surface area contributed by atoms with E-state index in [9.17, 15) is 4.79 Å². The average molecular weight is 434 g/mol. The van der Waals surface area contributed by atoms with Crippen molar-refractivity contribution in [1.82, 2.24) is 5.32 Å². The number of carbonyl (C=O) groups excluding carboxylic acids is 1. The Hall–Kier alpha value is -2.83. The van der Waals surface area contributed by atoms with Gasteiger partial charge in [-0.25, -0.2) is 0 Å². The minimum Gasteiger partial charge on any atom is -0.398 e. The first-order chi connectivity index (χ1) is 14.0. The molecular weight excluding hydrogens is 413 g/mol. The second kappa shape index (κ2) is 11.2. The summed E-state index contributed by atoms with van der Waals surface area (Å²) >= 11 is 12.6. The van der Waals surface area contributed by atoms with Crippen LogP contribution in [-0.2, 0) is 21.1 Å². The number of oxime groups is 2. The molecule has 0 saturated heterocycles. The van der Waals surface area contributed by atoms with E-state index in [2.05, 4.69) is 15.6 Å². The van der Waals surface area contributed by atoms with Crippen molar-refractivity contribution < 1.29 is 14.5 Å². The van der Waals surface area contributed by atoms with Crippen LogP contribution in [0.15, 0.2) is 64.9 Å². The molecule has 29 heavy (non-hydrogen) atoms. The Morgan fingerprint density at radius 1 is 1.10 bits per heavy atom. The zero-order valence-corrected chi connectivity index (χ0v) is 17.8. The van der Waals surface area contributed by atoms with Crippen molar-refractivity contribution in [2.75, 3.05) is 14.2 Å². The Balaban J connectivity index is 2.34. The van der Waals surface area contributed by atoms with Gasteiger partial charge in [0, 0.05) is 23.7 Å². The van der Waals surface area contributed by atoms with Crippen LogP contribution in [-0.4, -0.2) is 31.5 Å². The van der Waals surface area contributed by atoms with Gasteiger partial charge < -0.3 is 15.0 Å². The van der Waals surface area contributed by atoms with Crippen LogP contribution in [0.1, 0.15) is 23.6 Å². The molecule has 2 rings (SSSR count).